The van der Waals surface area contributed by atoms with Gasteiger partial charge in [0.15, 0.2) is 0 Å². The molecule has 0 bridgehead atoms. The van der Waals surface area contributed by atoms with Gasteiger partial charge in [-0.1, -0.05) is 61.7 Å². The number of fused-ring (bicyclic) bond motifs is 3. The molecule has 0 radical (unpaired) electrons. The molecule has 3 aliphatic carbocycles. The van der Waals surface area contributed by atoms with Crippen molar-refractivity contribution in [3.8, 4) is 0 Å². The predicted molar refractivity (Wildman–Crippen MR) is 124 cm³/mol. The average molecular weight is 446 g/mol. The molecule has 3 nitrogen and oxygen atoms in total. The van der Waals surface area contributed by atoms with E-state index in [-0.39, 0.29) is 17.2 Å². The quantitative estimate of drug-likeness (QED) is 0.542. The zero-order valence-electron chi connectivity index (χ0n) is 17.8. The standard InChI is InChI=1S/C25H29Cl2NO2/c1-14(2)19-6-8-25(3)9-7-20-21(23(19)25)5-4-15(10-22(20)29)24(30)28-18-12-16(26)11-17(27)13-18/h4-5,11-14,20,22,29H,6-10H2,1-3H3,(H,28,30). The van der Waals surface area contributed by atoms with Crippen LogP contribution in [0.25, 0.3) is 0 Å². The monoisotopic (exact) mass is 445 g/mol. The Bertz CT molecular complexity index is 955. The van der Waals surface area contributed by atoms with Crippen molar-refractivity contribution in [3.05, 3.63) is 62.7 Å². The van der Waals surface area contributed by atoms with Crippen molar-refractivity contribution in [1.29, 1.82) is 0 Å². The minimum Gasteiger partial charge on any atom is -0.392 e. The lowest BCUT2D eigenvalue weighted by Crippen LogP contribution is -2.33. The van der Waals surface area contributed by atoms with Gasteiger partial charge < -0.3 is 10.4 Å². The van der Waals surface area contributed by atoms with E-state index in [0.717, 1.165) is 19.3 Å². The average Bonchev–Trinajstić information content (AvgIpc) is 2.92. The van der Waals surface area contributed by atoms with Gasteiger partial charge in [-0.2, -0.15) is 0 Å². The van der Waals surface area contributed by atoms with Crippen LogP contribution in [0.1, 0.15) is 52.9 Å². The van der Waals surface area contributed by atoms with E-state index in [0.29, 0.717) is 33.6 Å². The van der Waals surface area contributed by atoms with Crippen molar-refractivity contribution in [1.82, 2.24) is 0 Å². The van der Waals surface area contributed by atoms with Crippen LogP contribution in [0.5, 0.6) is 0 Å². The third-order valence-electron chi connectivity index (χ3n) is 7.03. The lowest BCUT2D eigenvalue weighted by Gasteiger charge is -2.41. The molecule has 3 atom stereocenters. The molecule has 1 aromatic carbocycles. The summed E-state index contributed by atoms with van der Waals surface area (Å²) >= 11 is 12.1. The number of aliphatic hydroxyl groups excluding tert-OH is 1. The summed E-state index contributed by atoms with van der Waals surface area (Å²) in [4.78, 5) is 12.9. The van der Waals surface area contributed by atoms with Crippen LogP contribution in [-0.2, 0) is 4.79 Å². The summed E-state index contributed by atoms with van der Waals surface area (Å²) in [5.74, 6) is 0.360. The third-order valence-corrected chi connectivity index (χ3v) is 7.47. The fraction of sp³-hybridized carbons (Fsp3) is 0.480. The third kappa shape index (κ3) is 4.00. The number of carbonyl (C=O) groups excluding carboxylic acids is 1. The Hall–Kier alpha value is -1.55. The number of halogens is 2. The Morgan fingerprint density at radius 1 is 1.17 bits per heavy atom. The van der Waals surface area contributed by atoms with Crippen LogP contribution in [0.2, 0.25) is 10.0 Å². The Labute approximate surface area is 188 Å². The van der Waals surface area contributed by atoms with E-state index in [1.165, 1.54) is 23.1 Å². The van der Waals surface area contributed by atoms with E-state index in [1.54, 1.807) is 18.2 Å². The van der Waals surface area contributed by atoms with Crippen molar-refractivity contribution < 1.29 is 9.90 Å². The number of amides is 1. The normalized spacial score (nSPS) is 28.5. The molecule has 1 aromatic rings. The van der Waals surface area contributed by atoms with Crippen molar-refractivity contribution in [2.24, 2.45) is 17.3 Å². The molecular weight excluding hydrogens is 417 g/mol. The molecule has 3 aliphatic rings. The van der Waals surface area contributed by atoms with Crippen LogP contribution in [0, 0.1) is 17.3 Å². The van der Waals surface area contributed by atoms with Crippen LogP contribution in [0.3, 0.4) is 0 Å². The van der Waals surface area contributed by atoms with Crippen LogP contribution in [0.15, 0.2) is 52.6 Å². The number of hydrogen-bond acceptors (Lipinski definition) is 2. The maximum absolute atomic E-state index is 12.9. The molecule has 160 valence electrons. The largest absolute Gasteiger partial charge is 0.392 e. The highest BCUT2D eigenvalue weighted by Gasteiger charge is 2.46. The van der Waals surface area contributed by atoms with Crippen molar-refractivity contribution >= 4 is 34.8 Å². The number of aliphatic hydroxyl groups is 1. The van der Waals surface area contributed by atoms with Crippen LogP contribution in [0.4, 0.5) is 5.69 Å². The van der Waals surface area contributed by atoms with Gasteiger partial charge in [-0.15, -0.1) is 0 Å². The van der Waals surface area contributed by atoms with E-state index in [1.807, 2.05) is 6.08 Å². The highest BCUT2D eigenvalue weighted by molar-refractivity contribution is 6.35. The molecule has 1 amide bonds. The minimum absolute atomic E-state index is 0.0853. The first-order valence-corrected chi connectivity index (χ1v) is 11.5. The summed E-state index contributed by atoms with van der Waals surface area (Å²) in [7, 11) is 0. The summed E-state index contributed by atoms with van der Waals surface area (Å²) < 4.78 is 0. The Kier molecular flexibility index (Phi) is 5.91. The smallest absolute Gasteiger partial charge is 0.251 e. The molecule has 0 spiro atoms. The van der Waals surface area contributed by atoms with Crippen molar-refractivity contribution in [3.63, 3.8) is 0 Å². The first kappa shape index (κ1) is 21.7. The summed E-state index contributed by atoms with van der Waals surface area (Å²) in [5.41, 5.74) is 5.54. The summed E-state index contributed by atoms with van der Waals surface area (Å²) in [6, 6.07) is 4.96. The highest BCUT2D eigenvalue weighted by Crippen LogP contribution is 2.57. The zero-order chi connectivity index (χ0) is 21.6. The van der Waals surface area contributed by atoms with Gasteiger partial charge in [0.05, 0.1) is 6.10 Å². The Balaban J connectivity index is 1.67. The van der Waals surface area contributed by atoms with Crippen molar-refractivity contribution in [2.75, 3.05) is 5.32 Å². The molecule has 1 fully saturated rings. The molecule has 5 heteroatoms. The fourth-order valence-electron chi connectivity index (χ4n) is 5.46. The van der Waals surface area contributed by atoms with Crippen LogP contribution in [-0.4, -0.2) is 17.1 Å². The van der Waals surface area contributed by atoms with Crippen molar-refractivity contribution in [2.45, 2.75) is 59.0 Å². The summed E-state index contributed by atoms with van der Waals surface area (Å²) in [5, 5.41) is 14.9. The van der Waals surface area contributed by atoms with Gasteiger partial charge in [-0.25, -0.2) is 0 Å². The molecule has 4 rings (SSSR count). The first-order valence-electron chi connectivity index (χ1n) is 10.8. The molecule has 2 N–H and O–H groups in total. The molecule has 30 heavy (non-hydrogen) atoms. The van der Waals surface area contributed by atoms with Gasteiger partial charge >= 0.3 is 0 Å². The Morgan fingerprint density at radius 3 is 2.53 bits per heavy atom. The lowest BCUT2D eigenvalue weighted by atomic mass is 9.64. The number of allylic oxidation sites excluding steroid dienone is 4. The van der Waals surface area contributed by atoms with E-state index < -0.39 is 6.10 Å². The van der Waals surface area contributed by atoms with E-state index in [4.69, 9.17) is 23.2 Å². The van der Waals surface area contributed by atoms with Gasteiger partial charge in [-0.05, 0) is 66.4 Å². The molecule has 3 unspecified atom stereocenters. The van der Waals surface area contributed by atoms with E-state index in [9.17, 15) is 9.90 Å². The second kappa shape index (κ2) is 8.18. The second-order valence-corrected chi connectivity index (χ2v) is 10.3. The van der Waals surface area contributed by atoms with E-state index in [2.05, 4.69) is 32.2 Å². The van der Waals surface area contributed by atoms with E-state index >= 15 is 0 Å². The second-order valence-electron chi connectivity index (χ2n) is 9.46. The minimum atomic E-state index is -0.565. The number of nitrogens with one attached hydrogen (secondary N) is 1. The zero-order valence-corrected chi connectivity index (χ0v) is 19.3. The maximum atomic E-state index is 12.9. The molecule has 0 aliphatic heterocycles. The number of carbonyl (C=O) groups is 1. The fourth-order valence-corrected chi connectivity index (χ4v) is 5.99. The van der Waals surface area contributed by atoms with Gasteiger partial charge in [0.25, 0.3) is 5.91 Å². The molecule has 0 aromatic heterocycles. The number of hydrogen-bond donors (Lipinski definition) is 2. The predicted octanol–water partition coefficient (Wildman–Crippen LogP) is 6.71. The Morgan fingerprint density at radius 2 is 1.87 bits per heavy atom. The van der Waals surface area contributed by atoms with Crippen LogP contribution < -0.4 is 5.32 Å². The topological polar surface area (TPSA) is 49.3 Å². The van der Waals surface area contributed by atoms with Gasteiger partial charge in [0.1, 0.15) is 0 Å². The lowest BCUT2D eigenvalue weighted by molar-refractivity contribution is -0.113. The summed E-state index contributed by atoms with van der Waals surface area (Å²) in [6.45, 7) is 6.89. The first-order chi connectivity index (χ1) is 14.2. The highest BCUT2D eigenvalue weighted by atomic mass is 35.5. The maximum Gasteiger partial charge on any atom is 0.251 e. The number of rotatable bonds is 3. The number of anilines is 1. The van der Waals surface area contributed by atoms with Gasteiger partial charge in [0.2, 0.25) is 0 Å². The SMILES string of the molecule is CC(C)C1=C2C3=CC=C(C(=O)Nc4cc(Cl)cc(Cl)c4)CC(O)C3CCC2(C)CC1. The van der Waals surface area contributed by atoms with Crippen LogP contribution >= 0.6 is 23.2 Å². The molecule has 0 saturated heterocycles. The molecule has 1 saturated carbocycles. The summed E-state index contributed by atoms with van der Waals surface area (Å²) in [6.07, 6.45) is 8.15. The molecular formula is C25H29Cl2NO2. The van der Waals surface area contributed by atoms with Gasteiger partial charge in [-0.3, -0.25) is 4.79 Å². The molecule has 0 heterocycles. The number of benzene rings is 1. The van der Waals surface area contributed by atoms with Gasteiger partial charge in [0, 0.05) is 33.6 Å².